The third-order valence-corrected chi connectivity index (χ3v) is 3.90. The molecule has 0 fully saturated rings. The number of carbonyl (C=O) groups is 1. The van der Waals surface area contributed by atoms with Gasteiger partial charge < -0.3 is 5.32 Å². The van der Waals surface area contributed by atoms with E-state index in [-0.39, 0.29) is 11.4 Å². The van der Waals surface area contributed by atoms with Crippen molar-refractivity contribution in [3.8, 4) is 0 Å². The fourth-order valence-electron chi connectivity index (χ4n) is 1.70. The van der Waals surface area contributed by atoms with Gasteiger partial charge in [0.05, 0.1) is 10.2 Å². The van der Waals surface area contributed by atoms with Crippen LogP contribution in [0, 0.1) is 5.82 Å². The van der Waals surface area contributed by atoms with Crippen molar-refractivity contribution in [3.63, 3.8) is 0 Å². The van der Waals surface area contributed by atoms with Crippen LogP contribution in [0.3, 0.4) is 0 Å². The summed E-state index contributed by atoms with van der Waals surface area (Å²) < 4.78 is 52.6. The van der Waals surface area contributed by atoms with Crippen molar-refractivity contribution >= 4 is 43.5 Å². The van der Waals surface area contributed by atoms with Gasteiger partial charge in [-0.15, -0.1) is 0 Å². The molecule has 0 aliphatic heterocycles. The summed E-state index contributed by atoms with van der Waals surface area (Å²) in [5.74, 6) is -1.64. The predicted molar refractivity (Wildman–Crippen MR) is 78.0 cm³/mol. The molecule has 0 bridgehead atoms. The SMILES string of the molecule is Cn1nc(C(F)(F)F)c(Br)c1C(=O)Nc1ccc(Br)cc1F. The molecule has 22 heavy (non-hydrogen) atoms. The summed E-state index contributed by atoms with van der Waals surface area (Å²) in [6, 6.07) is 3.89. The van der Waals surface area contributed by atoms with Gasteiger partial charge in [-0.1, -0.05) is 15.9 Å². The molecule has 0 aliphatic rings. The Kier molecular flexibility index (Phi) is 4.62. The Hall–Kier alpha value is -1.42. The van der Waals surface area contributed by atoms with Crippen molar-refractivity contribution in [2.45, 2.75) is 6.18 Å². The number of hydrogen-bond donors (Lipinski definition) is 1. The second-order valence-corrected chi connectivity index (χ2v) is 5.92. The summed E-state index contributed by atoms with van der Waals surface area (Å²) in [4.78, 5) is 12.1. The van der Waals surface area contributed by atoms with Crippen molar-refractivity contribution in [1.82, 2.24) is 9.78 Å². The standard InChI is InChI=1S/C12H7Br2F4N3O/c1-21-9(8(14)10(20-21)12(16,17)18)11(22)19-7-3-2-5(13)4-6(7)15/h2-4H,1H3,(H,19,22). The number of nitrogens with zero attached hydrogens (tertiary/aromatic N) is 2. The fourth-order valence-corrected chi connectivity index (χ4v) is 2.77. The number of anilines is 1. The van der Waals surface area contributed by atoms with E-state index in [0.29, 0.717) is 4.47 Å². The van der Waals surface area contributed by atoms with Crippen LogP contribution in [0.2, 0.25) is 0 Å². The van der Waals surface area contributed by atoms with Crippen LogP contribution in [0.5, 0.6) is 0 Å². The highest BCUT2D eigenvalue weighted by Gasteiger charge is 2.39. The lowest BCUT2D eigenvalue weighted by Gasteiger charge is -2.07. The maximum Gasteiger partial charge on any atom is 0.436 e. The first-order chi connectivity index (χ1) is 10.1. The first-order valence-electron chi connectivity index (χ1n) is 5.67. The number of amides is 1. The first kappa shape index (κ1) is 16.9. The van der Waals surface area contributed by atoms with E-state index < -0.39 is 28.1 Å². The van der Waals surface area contributed by atoms with Crippen LogP contribution >= 0.6 is 31.9 Å². The highest BCUT2D eigenvalue weighted by molar-refractivity contribution is 9.10. The number of carbonyl (C=O) groups excluding carboxylic acids is 1. The normalized spacial score (nSPS) is 11.6. The number of aromatic nitrogens is 2. The minimum atomic E-state index is -4.71. The number of rotatable bonds is 2. The van der Waals surface area contributed by atoms with E-state index >= 15 is 0 Å². The smallest absolute Gasteiger partial charge is 0.318 e. The third-order valence-electron chi connectivity index (χ3n) is 2.65. The molecule has 0 spiro atoms. The van der Waals surface area contributed by atoms with E-state index in [9.17, 15) is 22.4 Å². The number of benzene rings is 1. The Labute approximate surface area is 138 Å². The van der Waals surface area contributed by atoms with Crippen LogP contribution in [-0.2, 0) is 13.2 Å². The molecule has 2 rings (SSSR count). The van der Waals surface area contributed by atoms with Crippen molar-refractivity contribution in [1.29, 1.82) is 0 Å². The second kappa shape index (κ2) is 5.99. The van der Waals surface area contributed by atoms with E-state index in [2.05, 4.69) is 42.3 Å². The van der Waals surface area contributed by atoms with Crippen molar-refractivity contribution in [2.75, 3.05) is 5.32 Å². The van der Waals surface area contributed by atoms with Crippen LogP contribution in [-0.4, -0.2) is 15.7 Å². The van der Waals surface area contributed by atoms with Gasteiger partial charge in [-0.2, -0.15) is 18.3 Å². The first-order valence-corrected chi connectivity index (χ1v) is 7.26. The van der Waals surface area contributed by atoms with E-state index in [0.717, 1.165) is 10.7 Å². The second-order valence-electron chi connectivity index (χ2n) is 4.21. The van der Waals surface area contributed by atoms with E-state index in [1.807, 2.05) is 0 Å². The summed E-state index contributed by atoms with van der Waals surface area (Å²) in [7, 11) is 1.19. The highest BCUT2D eigenvalue weighted by Crippen LogP contribution is 2.35. The molecule has 10 heteroatoms. The third kappa shape index (κ3) is 3.32. The summed E-state index contributed by atoms with van der Waals surface area (Å²) in [6.07, 6.45) is -4.71. The molecule has 4 nitrogen and oxygen atoms in total. The van der Waals surface area contributed by atoms with Crippen molar-refractivity contribution < 1.29 is 22.4 Å². The van der Waals surface area contributed by atoms with Crippen LogP contribution in [0.1, 0.15) is 16.2 Å². The number of aryl methyl sites for hydroxylation is 1. The van der Waals surface area contributed by atoms with Gasteiger partial charge in [0.1, 0.15) is 11.5 Å². The molecule has 0 saturated heterocycles. The lowest BCUT2D eigenvalue weighted by Crippen LogP contribution is -2.17. The minimum absolute atomic E-state index is 0.158. The average molecular weight is 445 g/mol. The molecule has 0 aliphatic carbocycles. The average Bonchev–Trinajstić information content (AvgIpc) is 2.68. The zero-order valence-electron chi connectivity index (χ0n) is 10.8. The molecule has 2 aromatic rings. The summed E-state index contributed by atoms with van der Waals surface area (Å²) in [5.41, 5.74) is -1.75. The van der Waals surface area contributed by atoms with Gasteiger partial charge >= 0.3 is 6.18 Å². The zero-order valence-corrected chi connectivity index (χ0v) is 14.0. The molecule has 0 radical (unpaired) electrons. The molecule has 0 saturated carbocycles. The maximum atomic E-state index is 13.7. The molecule has 1 amide bonds. The molecule has 1 aromatic carbocycles. The number of halogens is 6. The largest absolute Gasteiger partial charge is 0.436 e. The van der Waals surface area contributed by atoms with E-state index in [1.165, 1.54) is 19.2 Å². The van der Waals surface area contributed by atoms with Crippen LogP contribution < -0.4 is 5.32 Å². The molecular weight excluding hydrogens is 438 g/mol. The summed E-state index contributed by atoms with van der Waals surface area (Å²) in [6.45, 7) is 0. The molecule has 1 N–H and O–H groups in total. The van der Waals surface area contributed by atoms with Crippen LogP contribution in [0.15, 0.2) is 27.1 Å². The van der Waals surface area contributed by atoms with Crippen molar-refractivity contribution in [3.05, 3.63) is 44.3 Å². The maximum absolute atomic E-state index is 13.7. The Morgan fingerprint density at radius 1 is 1.32 bits per heavy atom. The monoisotopic (exact) mass is 443 g/mol. The summed E-state index contributed by atoms with van der Waals surface area (Å²) in [5, 5.41) is 5.47. The topological polar surface area (TPSA) is 46.9 Å². The van der Waals surface area contributed by atoms with Gasteiger partial charge in [0.25, 0.3) is 5.91 Å². The number of hydrogen-bond acceptors (Lipinski definition) is 2. The van der Waals surface area contributed by atoms with E-state index in [1.54, 1.807) is 0 Å². The Morgan fingerprint density at radius 3 is 2.45 bits per heavy atom. The fraction of sp³-hybridized carbons (Fsp3) is 0.167. The van der Waals surface area contributed by atoms with E-state index in [4.69, 9.17) is 0 Å². The lowest BCUT2D eigenvalue weighted by molar-refractivity contribution is -0.142. The molecule has 0 unspecified atom stereocenters. The number of nitrogens with one attached hydrogen (secondary N) is 1. The molecule has 1 aromatic heterocycles. The van der Waals surface area contributed by atoms with Crippen LogP contribution in [0.4, 0.5) is 23.2 Å². The predicted octanol–water partition coefficient (Wildman–Crippen LogP) is 4.36. The van der Waals surface area contributed by atoms with Crippen molar-refractivity contribution in [2.24, 2.45) is 7.05 Å². The van der Waals surface area contributed by atoms with Gasteiger partial charge in [0, 0.05) is 11.5 Å². The molecule has 118 valence electrons. The summed E-state index contributed by atoms with van der Waals surface area (Å²) >= 11 is 5.77. The van der Waals surface area contributed by atoms with Gasteiger partial charge in [-0.25, -0.2) is 4.39 Å². The molecule has 1 heterocycles. The zero-order chi connectivity index (χ0) is 16.7. The van der Waals surface area contributed by atoms with Gasteiger partial charge in [-0.3, -0.25) is 9.48 Å². The minimum Gasteiger partial charge on any atom is -0.318 e. The number of alkyl halides is 3. The van der Waals surface area contributed by atoms with Crippen LogP contribution in [0.25, 0.3) is 0 Å². The Morgan fingerprint density at radius 2 is 1.95 bits per heavy atom. The molecular formula is C12H7Br2F4N3O. The van der Waals surface area contributed by atoms with Gasteiger partial charge in [-0.05, 0) is 34.1 Å². The van der Waals surface area contributed by atoms with Gasteiger partial charge in [0.15, 0.2) is 5.69 Å². The molecule has 0 atom stereocenters. The lowest BCUT2D eigenvalue weighted by atomic mass is 10.2. The highest BCUT2D eigenvalue weighted by atomic mass is 79.9. The Balaban J connectivity index is 2.36. The Bertz CT molecular complexity index is 743. The quantitative estimate of drug-likeness (QED) is 0.700. The van der Waals surface area contributed by atoms with Gasteiger partial charge in [0.2, 0.25) is 0 Å².